The monoisotopic (exact) mass is 442 g/mol. The Morgan fingerprint density at radius 3 is 2.69 bits per heavy atom. The van der Waals surface area contributed by atoms with Crippen molar-refractivity contribution in [3.63, 3.8) is 0 Å². The summed E-state index contributed by atoms with van der Waals surface area (Å²) in [6, 6.07) is 4.07. The SMILES string of the molecule is CSCC[C@H](NS(=O)(=O)c1ccccc1F)C(=O)NCc1nccn1CC(C)C. The standard InChI is InChI=1S/C19H27FN4O3S2/c1-14(2)13-24-10-9-21-18(24)12-22-19(25)16(8-11-28-3)23-29(26,27)17-7-5-4-6-15(17)20/h4-7,9-10,14,16,23H,8,11-13H2,1-3H3,(H,22,25)/t16-/m0/s1. The number of halogens is 1. The van der Waals surface area contributed by atoms with Crippen LogP contribution in [-0.4, -0.2) is 41.9 Å². The van der Waals surface area contributed by atoms with Gasteiger partial charge in [0.2, 0.25) is 15.9 Å². The molecule has 1 atom stereocenters. The minimum Gasteiger partial charge on any atom is -0.347 e. The van der Waals surface area contributed by atoms with E-state index < -0.39 is 32.7 Å². The molecule has 160 valence electrons. The molecule has 0 saturated carbocycles. The van der Waals surface area contributed by atoms with E-state index in [0.29, 0.717) is 17.5 Å². The summed E-state index contributed by atoms with van der Waals surface area (Å²) in [6.07, 6.45) is 5.65. The lowest BCUT2D eigenvalue weighted by molar-refractivity contribution is -0.123. The van der Waals surface area contributed by atoms with Crippen LogP contribution in [0.4, 0.5) is 4.39 Å². The van der Waals surface area contributed by atoms with Crippen LogP contribution in [0.5, 0.6) is 0 Å². The number of rotatable bonds is 11. The maximum Gasteiger partial charge on any atom is 0.244 e. The minimum atomic E-state index is -4.18. The number of carbonyl (C=O) groups excluding carboxylic acids is 1. The fourth-order valence-electron chi connectivity index (χ4n) is 2.75. The smallest absolute Gasteiger partial charge is 0.244 e. The van der Waals surface area contributed by atoms with E-state index in [4.69, 9.17) is 0 Å². The number of aromatic nitrogens is 2. The van der Waals surface area contributed by atoms with Gasteiger partial charge < -0.3 is 9.88 Å². The number of nitrogens with one attached hydrogen (secondary N) is 2. The summed E-state index contributed by atoms with van der Waals surface area (Å²) in [5.41, 5.74) is 0. The highest BCUT2D eigenvalue weighted by molar-refractivity contribution is 7.98. The molecular weight excluding hydrogens is 415 g/mol. The highest BCUT2D eigenvalue weighted by Crippen LogP contribution is 2.15. The van der Waals surface area contributed by atoms with Gasteiger partial charge in [-0.25, -0.2) is 17.8 Å². The van der Waals surface area contributed by atoms with Crippen LogP contribution in [0, 0.1) is 11.7 Å². The van der Waals surface area contributed by atoms with E-state index in [9.17, 15) is 17.6 Å². The summed E-state index contributed by atoms with van der Waals surface area (Å²) in [7, 11) is -4.18. The van der Waals surface area contributed by atoms with Crippen molar-refractivity contribution >= 4 is 27.7 Å². The number of amides is 1. The van der Waals surface area contributed by atoms with Gasteiger partial charge >= 0.3 is 0 Å². The number of hydrogen-bond acceptors (Lipinski definition) is 5. The maximum atomic E-state index is 13.9. The van der Waals surface area contributed by atoms with Crippen molar-refractivity contribution in [3.8, 4) is 0 Å². The fourth-order valence-corrected chi connectivity index (χ4v) is 4.53. The van der Waals surface area contributed by atoms with Crippen LogP contribution in [0.3, 0.4) is 0 Å². The Morgan fingerprint density at radius 1 is 1.31 bits per heavy atom. The van der Waals surface area contributed by atoms with Crippen LogP contribution in [0.2, 0.25) is 0 Å². The normalized spacial score (nSPS) is 12.9. The van der Waals surface area contributed by atoms with E-state index in [2.05, 4.69) is 28.9 Å². The number of thioether (sulfide) groups is 1. The molecule has 1 amide bonds. The van der Waals surface area contributed by atoms with Gasteiger partial charge in [0, 0.05) is 18.9 Å². The summed E-state index contributed by atoms with van der Waals surface area (Å²) in [5, 5.41) is 2.74. The highest BCUT2D eigenvalue weighted by Gasteiger charge is 2.27. The number of carbonyl (C=O) groups is 1. The number of benzene rings is 1. The molecule has 0 radical (unpaired) electrons. The molecule has 0 aliphatic heterocycles. The average Bonchev–Trinajstić information content (AvgIpc) is 3.09. The molecular formula is C19H27FN4O3S2. The van der Waals surface area contributed by atoms with E-state index >= 15 is 0 Å². The molecule has 1 heterocycles. The second-order valence-electron chi connectivity index (χ2n) is 6.99. The third kappa shape index (κ3) is 6.83. The first kappa shape index (κ1) is 23.4. The number of imidazole rings is 1. The molecule has 1 aromatic carbocycles. The number of sulfonamides is 1. The highest BCUT2D eigenvalue weighted by atomic mass is 32.2. The van der Waals surface area contributed by atoms with Crippen molar-refractivity contribution < 1.29 is 17.6 Å². The summed E-state index contributed by atoms with van der Waals surface area (Å²) in [6.45, 7) is 5.10. The molecule has 0 bridgehead atoms. The van der Waals surface area contributed by atoms with Crippen molar-refractivity contribution in [3.05, 3.63) is 48.3 Å². The molecule has 29 heavy (non-hydrogen) atoms. The Morgan fingerprint density at radius 2 is 2.03 bits per heavy atom. The zero-order valence-corrected chi connectivity index (χ0v) is 18.4. The molecule has 10 heteroatoms. The Labute approximate surface area is 175 Å². The van der Waals surface area contributed by atoms with Crippen molar-refractivity contribution in [1.29, 1.82) is 0 Å². The zero-order valence-electron chi connectivity index (χ0n) is 16.8. The molecule has 0 aliphatic rings. The number of nitrogens with zero attached hydrogens (tertiary/aromatic N) is 2. The maximum absolute atomic E-state index is 13.9. The van der Waals surface area contributed by atoms with Crippen molar-refractivity contribution in [2.24, 2.45) is 5.92 Å². The van der Waals surface area contributed by atoms with Crippen LogP contribution >= 0.6 is 11.8 Å². The van der Waals surface area contributed by atoms with Gasteiger partial charge in [-0.05, 0) is 36.5 Å². The number of hydrogen-bond donors (Lipinski definition) is 2. The fraction of sp³-hybridized carbons (Fsp3) is 0.474. The lowest BCUT2D eigenvalue weighted by Crippen LogP contribution is -2.47. The molecule has 7 nitrogen and oxygen atoms in total. The Bertz CT molecular complexity index is 916. The molecule has 0 saturated heterocycles. The lowest BCUT2D eigenvalue weighted by atomic mass is 10.2. The molecule has 0 aliphatic carbocycles. The Kier molecular flexibility index (Phi) is 8.66. The van der Waals surface area contributed by atoms with E-state index in [1.165, 1.54) is 30.0 Å². The summed E-state index contributed by atoms with van der Waals surface area (Å²) < 4.78 is 43.4. The van der Waals surface area contributed by atoms with Crippen molar-refractivity contribution in [2.45, 2.75) is 44.3 Å². The summed E-state index contributed by atoms with van der Waals surface area (Å²) in [4.78, 5) is 16.5. The first-order valence-electron chi connectivity index (χ1n) is 9.28. The largest absolute Gasteiger partial charge is 0.347 e. The third-order valence-electron chi connectivity index (χ3n) is 4.14. The molecule has 2 N–H and O–H groups in total. The summed E-state index contributed by atoms with van der Waals surface area (Å²) in [5.74, 6) is 0.339. The van der Waals surface area contributed by atoms with E-state index in [-0.39, 0.29) is 13.0 Å². The molecule has 0 unspecified atom stereocenters. The lowest BCUT2D eigenvalue weighted by Gasteiger charge is -2.19. The second kappa shape index (κ2) is 10.7. The molecule has 0 fully saturated rings. The first-order valence-corrected chi connectivity index (χ1v) is 12.2. The predicted molar refractivity (Wildman–Crippen MR) is 112 cm³/mol. The molecule has 2 aromatic rings. The molecule has 0 spiro atoms. The quantitative estimate of drug-likeness (QED) is 0.557. The van der Waals surface area contributed by atoms with Crippen LogP contribution in [0.1, 0.15) is 26.1 Å². The average molecular weight is 443 g/mol. The topological polar surface area (TPSA) is 93.1 Å². The van der Waals surface area contributed by atoms with Gasteiger partial charge in [-0.1, -0.05) is 26.0 Å². The first-order chi connectivity index (χ1) is 13.7. The van der Waals surface area contributed by atoms with E-state index in [1.807, 2.05) is 17.0 Å². The third-order valence-corrected chi connectivity index (χ3v) is 6.28. The second-order valence-corrected chi connectivity index (χ2v) is 9.66. The van der Waals surface area contributed by atoms with Crippen LogP contribution in [0.15, 0.2) is 41.6 Å². The van der Waals surface area contributed by atoms with Crippen LogP contribution in [0.25, 0.3) is 0 Å². The van der Waals surface area contributed by atoms with Gasteiger partial charge in [-0.3, -0.25) is 4.79 Å². The summed E-state index contributed by atoms with van der Waals surface area (Å²) >= 11 is 1.49. The van der Waals surface area contributed by atoms with Gasteiger partial charge in [0.25, 0.3) is 0 Å². The van der Waals surface area contributed by atoms with E-state index in [1.54, 1.807) is 6.20 Å². The predicted octanol–water partition coefficient (Wildman–Crippen LogP) is 2.39. The van der Waals surface area contributed by atoms with Gasteiger partial charge in [0.05, 0.1) is 6.54 Å². The van der Waals surface area contributed by atoms with E-state index in [0.717, 1.165) is 12.6 Å². The van der Waals surface area contributed by atoms with Crippen molar-refractivity contribution in [2.75, 3.05) is 12.0 Å². The van der Waals surface area contributed by atoms with Crippen molar-refractivity contribution in [1.82, 2.24) is 19.6 Å². The van der Waals surface area contributed by atoms with Gasteiger partial charge in [-0.2, -0.15) is 16.5 Å². The van der Waals surface area contributed by atoms with Crippen LogP contribution in [-0.2, 0) is 27.9 Å². The van der Waals surface area contributed by atoms with Gasteiger partial charge in [-0.15, -0.1) is 0 Å². The van der Waals surface area contributed by atoms with Crippen LogP contribution < -0.4 is 10.0 Å². The van der Waals surface area contributed by atoms with Gasteiger partial charge in [0.1, 0.15) is 22.6 Å². The minimum absolute atomic E-state index is 0.176. The zero-order chi connectivity index (χ0) is 21.4. The van der Waals surface area contributed by atoms with Gasteiger partial charge in [0.15, 0.2) is 0 Å². The Hall–Kier alpha value is -1.91. The Balaban J connectivity index is 2.10. The molecule has 2 rings (SSSR count). The molecule has 1 aromatic heterocycles.